The van der Waals surface area contributed by atoms with Crippen LogP contribution in [0.4, 0.5) is 5.82 Å². The highest BCUT2D eigenvalue weighted by atomic mass is 32.2. The molecule has 33 heavy (non-hydrogen) atoms. The summed E-state index contributed by atoms with van der Waals surface area (Å²) >= 11 is 0. The Kier molecular flexibility index (Phi) is 6.86. The van der Waals surface area contributed by atoms with Crippen molar-refractivity contribution in [3.63, 3.8) is 0 Å². The fraction of sp³-hybridized carbons (Fsp3) is 0.200. The number of hydrogen-bond acceptors (Lipinski definition) is 6. The van der Waals surface area contributed by atoms with E-state index in [1.807, 2.05) is 50.4 Å². The number of aromatic nitrogens is 2. The number of rotatable bonds is 9. The van der Waals surface area contributed by atoms with Crippen molar-refractivity contribution in [1.29, 1.82) is 0 Å². The molecular formula is C25H26N4O3S. The maximum absolute atomic E-state index is 12.9. The summed E-state index contributed by atoms with van der Waals surface area (Å²) in [6, 6.07) is 24.1. The first-order valence-electron chi connectivity index (χ1n) is 10.6. The van der Waals surface area contributed by atoms with Crippen LogP contribution >= 0.6 is 0 Å². The Morgan fingerprint density at radius 1 is 0.879 bits per heavy atom. The van der Waals surface area contributed by atoms with Crippen LogP contribution in [0.2, 0.25) is 0 Å². The number of hydrogen-bond donors (Lipinski definition) is 1. The summed E-state index contributed by atoms with van der Waals surface area (Å²) in [6.07, 6.45) is 0. The Bertz CT molecular complexity index is 1330. The number of benzene rings is 3. The standard InChI is InChI=1S/C25H26N4O3S/c1-19-12-14-21(15-13-19)33(30,31)28-24-25(27-23-11-7-6-10-22(23)26-24)32-17-16-29(2)18-20-8-4-3-5-9-20/h3-15H,16-18H2,1-2H3,(H,26,28). The molecular weight excluding hydrogens is 436 g/mol. The second kappa shape index (κ2) is 9.97. The van der Waals surface area contributed by atoms with Gasteiger partial charge in [0.05, 0.1) is 15.9 Å². The number of nitrogens with one attached hydrogen (secondary N) is 1. The average Bonchev–Trinajstić information content (AvgIpc) is 2.80. The van der Waals surface area contributed by atoms with Gasteiger partial charge in [-0.25, -0.2) is 18.4 Å². The highest BCUT2D eigenvalue weighted by Crippen LogP contribution is 2.26. The molecule has 0 saturated heterocycles. The zero-order valence-corrected chi connectivity index (χ0v) is 19.4. The molecule has 0 atom stereocenters. The van der Waals surface area contributed by atoms with Gasteiger partial charge in [-0.2, -0.15) is 0 Å². The topological polar surface area (TPSA) is 84.4 Å². The first kappa shape index (κ1) is 22.7. The fourth-order valence-corrected chi connectivity index (χ4v) is 4.33. The zero-order valence-electron chi connectivity index (χ0n) is 18.6. The Balaban J connectivity index is 1.52. The summed E-state index contributed by atoms with van der Waals surface area (Å²) in [7, 11) is -1.84. The zero-order chi connectivity index (χ0) is 23.3. The van der Waals surface area contributed by atoms with Crippen LogP contribution in [-0.4, -0.2) is 43.5 Å². The first-order valence-corrected chi connectivity index (χ1v) is 12.1. The van der Waals surface area contributed by atoms with E-state index >= 15 is 0 Å². The number of anilines is 1. The SMILES string of the molecule is Cc1ccc(S(=O)(=O)Nc2nc3ccccc3nc2OCCN(C)Cc2ccccc2)cc1. The predicted molar refractivity (Wildman–Crippen MR) is 130 cm³/mol. The lowest BCUT2D eigenvalue weighted by Gasteiger charge is -2.18. The summed E-state index contributed by atoms with van der Waals surface area (Å²) in [5, 5.41) is 0. The Hall–Kier alpha value is -3.49. The van der Waals surface area contributed by atoms with Gasteiger partial charge in [0.25, 0.3) is 15.9 Å². The van der Waals surface area contributed by atoms with Crippen LogP contribution in [0.15, 0.2) is 83.8 Å². The predicted octanol–water partition coefficient (Wildman–Crippen LogP) is 4.25. The smallest absolute Gasteiger partial charge is 0.263 e. The summed E-state index contributed by atoms with van der Waals surface area (Å²) in [4.78, 5) is 11.3. The molecule has 0 fully saturated rings. The van der Waals surface area contributed by atoms with Gasteiger partial charge in [-0.3, -0.25) is 9.62 Å². The molecule has 170 valence electrons. The molecule has 8 heteroatoms. The molecule has 0 radical (unpaired) electrons. The number of nitrogens with zero attached hydrogens (tertiary/aromatic N) is 3. The second-order valence-electron chi connectivity index (χ2n) is 7.86. The van der Waals surface area contributed by atoms with Crippen molar-refractivity contribution in [2.24, 2.45) is 0 Å². The van der Waals surface area contributed by atoms with E-state index in [-0.39, 0.29) is 16.6 Å². The molecule has 0 aliphatic heterocycles. The highest BCUT2D eigenvalue weighted by molar-refractivity contribution is 7.92. The van der Waals surface area contributed by atoms with Crippen LogP contribution in [0.3, 0.4) is 0 Å². The number of fused-ring (bicyclic) bond motifs is 1. The molecule has 4 aromatic rings. The molecule has 0 aliphatic rings. The Morgan fingerprint density at radius 3 is 2.21 bits per heavy atom. The molecule has 0 aliphatic carbocycles. The van der Waals surface area contributed by atoms with Crippen molar-refractivity contribution < 1.29 is 13.2 Å². The maximum Gasteiger partial charge on any atom is 0.263 e. The molecule has 0 unspecified atom stereocenters. The minimum atomic E-state index is -3.85. The molecule has 0 spiro atoms. The normalized spacial score (nSPS) is 11.6. The second-order valence-corrected chi connectivity index (χ2v) is 9.54. The van der Waals surface area contributed by atoms with Gasteiger partial charge in [0, 0.05) is 13.1 Å². The van der Waals surface area contributed by atoms with Crippen molar-refractivity contribution in [2.45, 2.75) is 18.4 Å². The number of aryl methyl sites for hydroxylation is 1. The van der Waals surface area contributed by atoms with E-state index in [4.69, 9.17) is 4.74 Å². The van der Waals surface area contributed by atoms with E-state index in [0.717, 1.165) is 12.1 Å². The lowest BCUT2D eigenvalue weighted by Crippen LogP contribution is -2.24. The van der Waals surface area contributed by atoms with Crippen molar-refractivity contribution in [2.75, 3.05) is 24.9 Å². The van der Waals surface area contributed by atoms with Gasteiger partial charge in [-0.05, 0) is 43.8 Å². The highest BCUT2D eigenvalue weighted by Gasteiger charge is 2.19. The summed E-state index contributed by atoms with van der Waals surface area (Å²) in [5.41, 5.74) is 3.39. The van der Waals surface area contributed by atoms with E-state index in [1.165, 1.54) is 5.56 Å². The number of likely N-dealkylation sites (N-methyl/N-ethyl adjacent to an activating group) is 1. The number of ether oxygens (including phenoxy) is 1. The monoisotopic (exact) mass is 462 g/mol. The third-order valence-corrected chi connectivity index (χ3v) is 6.46. The molecule has 3 aromatic carbocycles. The van der Waals surface area contributed by atoms with E-state index in [9.17, 15) is 8.42 Å². The van der Waals surface area contributed by atoms with Crippen LogP contribution in [0.5, 0.6) is 5.88 Å². The van der Waals surface area contributed by atoms with Gasteiger partial charge < -0.3 is 4.74 Å². The number of sulfonamides is 1. The van der Waals surface area contributed by atoms with Crippen LogP contribution in [-0.2, 0) is 16.6 Å². The van der Waals surface area contributed by atoms with E-state index in [0.29, 0.717) is 24.2 Å². The van der Waals surface area contributed by atoms with E-state index in [1.54, 1.807) is 30.3 Å². The molecule has 1 N–H and O–H groups in total. The largest absolute Gasteiger partial charge is 0.474 e. The third kappa shape index (κ3) is 5.85. The van der Waals surface area contributed by atoms with Gasteiger partial charge in [-0.15, -0.1) is 0 Å². The first-order chi connectivity index (χ1) is 15.9. The summed E-state index contributed by atoms with van der Waals surface area (Å²) in [6.45, 7) is 3.64. The lowest BCUT2D eigenvalue weighted by molar-refractivity contribution is 0.228. The molecule has 7 nitrogen and oxygen atoms in total. The molecule has 1 heterocycles. The summed E-state index contributed by atoms with van der Waals surface area (Å²) in [5.74, 6) is 0.220. The molecule has 0 amide bonds. The average molecular weight is 463 g/mol. The van der Waals surface area contributed by atoms with Gasteiger partial charge in [0.2, 0.25) is 5.82 Å². The van der Waals surface area contributed by atoms with Crippen LogP contribution in [0.25, 0.3) is 11.0 Å². The molecule has 1 aromatic heterocycles. The van der Waals surface area contributed by atoms with Crippen molar-refractivity contribution >= 4 is 26.9 Å². The van der Waals surface area contributed by atoms with Crippen molar-refractivity contribution in [3.05, 3.63) is 90.0 Å². The number of para-hydroxylation sites is 2. The van der Waals surface area contributed by atoms with Gasteiger partial charge >= 0.3 is 0 Å². The van der Waals surface area contributed by atoms with Gasteiger partial charge in [-0.1, -0.05) is 60.2 Å². The van der Waals surface area contributed by atoms with Gasteiger partial charge in [0.15, 0.2) is 0 Å². The minimum absolute atomic E-state index is 0.0694. The summed E-state index contributed by atoms with van der Waals surface area (Å²) < 4.78 is 34.4. The van der Waals surface area contributed by atoms with Crippen molar-refractivity contribution in [1.82, 2.24) is 14.9 Å². The Morgan fingerprint density at radius 2 is 1.52 bits per heavy atom. The van der Waals surface area contributed by atoms with Crippen LogP contribution < -0.4 is 9.46 Å². The minimum Gasteiger partial charge on any atom is -0.474 e. The van der Waals surface area contributed by atoms with Crippen LogP contribution in [0, 0.1) is 6.92 Å². The fourth-order valence-electron chi connectivity index (χ4n) is 3.33. The Labute approximate surface area is 194 Å². The third-order valence-electron chi connectivity index (χ3n) is 5.11. The lowest BCUT2D eigenvalue weighted by atomic mass is 10.2. The molecule has 0 bridgehead atoms. The quantitative estimate of drug-likeness (QED) is 0.400. The van der Waals surface area contributed by atoms with Crippen LogP contribution in [0.1, 0.15) is 11.1 Å². The maximum atomic E-state index is 12.9. The van der Waals surface area contributed by atoms with Crippen molar-refractivity contribution in [3.8, 4) is 5.88 Å². The van der Waals surface area contributed by atoms with E-state index < -0.39 is 10.0 Å². The van der Waals surface area contributed by atoms with Gasteiger partial charge in [0.1, 0.15) is 6.61 Å². The molecule has 0 saturated carbocycles. The van der Waals surface area contributed by atoms with E-state index in [2.05, 4.69) is 31.7 Å². The molecule has 4 rings (SSSR count).